The van der Waals surface area contributed by atoms with Gasteiger partial charge in [-0.05, 0) is 50.3 Å². The summed E-state index contributed by atoms with van der Waals surface area (Å²) in [7, 11) is 0. The molecule has 1 aromatic rings. The molecule has 0 aromatic heterocycles. The summed E-state index contributed by atoms with van der Waals surface area (Å²) in [5.74, 6) is 0. The van der Waals surface area contributed by atoms with Gasteiger partial charge in [0.05, 0.1) is 6.10 Å². The van der Waals surface area contributed by atoms with Gasteiger partial charge in [0, 0.05) is 19.6 Å². The summed E-state index contributed by atoms with van der Waals surface area (Å²) in [6, 6.07) is 4.53. The predicted molar refractivity (Wildman–Crippen MR) is 71.2 cm³/mol. The minimum atomic E-state index is -0.0774. The van der Waals surface area contributed by atoms with Crippen molar-refractivity contribution in [3.8, 4) is 0 Å². The monoisotopic (exact) mass is 233 g/mol. The summed E-state index contributed by atoms with van der Waals surface area (Å²) >= 11 is 0. The Balaban J connectivity index is 2.08. The van der Waals surface area contributed by atoms with E-state index in [9.17, 15) is 5.11 Å². The Morgan fingerprint density at radius 2 is 1.65 bits per heavy atom. The molecule has 0 atom stereocenters. The first-order valence-electron chi connectivity index (χ1n) is 6.53. The molecule has 1 aromatic carbocycles. The number of nitrogens with zero attached hydrogens (tertiary/aromatic N) is 1. The van der Waals surface area contributed by atoms with Crippen molar-refractivity contribution in [1.82, 2.24) is 4.90 Å². The maximum atomic E-state index is 9.51. The summed E-state index contributed by atoms with van der Waals surface area (Å²) in [6.45, 7) is 9.63. The smallest absolute Gasteiger partial charge is 0.0564 e. The van der Waals surface area contributed by atoms with E-state index in [-0.39, 0.29) is 6.10 Å². The first-order chi connectivity index (χ1) is 8.06. The summed E-state index contributed by atoms with van der Waals surface area (Å²) in [6.07, 6.45) is 1.76. The standard InChI is InChI=1S/C15H23NO/c1-11-8-12(2)15(13(3)9-11)10-16-6-4-14(17)5-7-16/h8-9,14,17H,4-7,10H2,1-3H3. The number of rotatable bonds is 2. The summed E-state index contributed by atoms with van der Waals surface area (Å²) < 4.78 is 0. The lowest BCUT2D eigenvalue weighted by atomic mass is 9.98. The second-order valence-electron chi connectivity index (χ2n) is 5.38. The molecule has 0 saturated carbocycles. The van der Waals surface area contributed by atoms with Gasteiger partial charge in [0.15, 0.2) is 0 Å². The van der Waals surface area contributed by atoms with Crippen molar-refractivity contribution in [3.05, 3.63) is 34.4 Å². The molecule has 1 fully saturated rings. The number of likely N-dealkylation sites (tertiary alicyclic amines) is 1. The van der Waals surface area contributed by atoms with Crippen LogP contribution in [0.4, 0.5) is 0 Å². The average Bonchev–Trinajstić information content (AvgIpc) is 2.26. The zero-order valence-corrected chi connectivity index (χ0v) is 11.2. The molecule has 0 unspecified atom stereocenters. The van der Waals surface area contributed by atoms with Crippen LogP contribution in [0, 0.1) is 20.8 Å². The van der Waals surface area contributed by atoms with E-state index in [0.29, 0.717) is 0 Å². The lowest BCUT2D eigenvalue weighted by Gasteiger charge is -2.30. The van der Waals surface area contributed by atoms with Gasteiger partial charge < -0.3 is 5.11 Å². The molecule has 17 heavy (non-hydrogen) atoms. The Hall–Kier alpha value is -0.860. The van der Waals surface area contributed by atoms with Crippen LogP contribution >= 0.6 is 0 Å². The third-order valence-electron chi connectivity index (χ3n) is 3.78. The average molecular weight is 233 g/mol. The fourth-order valence-electron chi connectivity index (χ4n) is 2.76. The molecule has 0 aliphatic carbocycles. The maximum Gasteiger partial charge on any atom is 0.0564 e. The number of aryl methyl sites for hydroxylation is 3. The van der Waals surface area contributed by atoms with E-state index in [1.807, 2.05) is 0 Å². The highest BCUT2D eigenvalue weighted by molar-refractivity contribution is 5.37. The van der Waals surface area contributed by atoms with Gasteiger partial charge in [-0.3, -0.25) is 4.90 Å². The topological polar surface area (TPSA) is 23.5 Å². The lowest BCUT2D eigenvalue weighted by molar-refractivity contribution is 0.0791. The van der Waals surface area contributed by atoms with Crippen molar-refractivity contribution < 1.29 is 5.11 Å². The largest absolute Gasteiger partial charge is 0.393 e. The number of hydrogen-bond donors (Lipinski definition) is 1. The van der Waals surface area contributed by atoms with E-state index in [0.717, 1.165) is 32.5 Å². The predicted octanol–water partition coefficient (Wildman–Crippen LogP) is 2.57. The fourth-order valence-corrected chi connectivity index (χ4v) is 2.76. The molecule has 1 heterocycles. The van der Waals surface area contributed by atoms with Gasteiger partial charge in [-0.25, -0.2) is 0 Å². The van der Waals surface area contributed by atoms with Gasteiger partial charge in [-0.2, -0.15) is 0 Å². The SMILES string of the molecule is Cc1cc(C)c(CN2CCC(O)CC2)c(C)c1. The zero-order valence-electron chi connectivity index (χ0n) is 11.2. The van der Waals surface area contributed by atoms with Crippen LogP contribution in [-0.4, -0.2) is 29.2 Å². The summed E-state index contributed by atoms with van der Waals surface area (Å²) in [4.78, 5) is 2.46. The minimum Gasteiger partial charge on any atom is -0.393 e. The van der Waals surface area contributed by atoms with E-state index >= 15 is 0 Å². The van der Waals surface area contributed by atoms with Crippen molar-refractivity contribution in [2.45, 2.75) is 46.3 Å². The second kappa shape index (κ2) is 5.19. The highest BCUT2D eigenvalue weighted by atomic mass is 16.3. The molecule has 94 valence electrons. The molecule has 1 N–H and O–H groups in total. The van der Waals surface area contributed by atoms with Crippen molar-refractivity contribution in [3.63, 3.8) is 0 Å². The van der Waals surface area contributed by atoms with Crippen molar-refractivity contribution >= 4 is 0 Å². The Morgan fingerprint density at radius 3 is 2.18 bits per heavy atom. The first-order valence-corrected chi connectivity index (χ1v) is 6.53. The van der Waals surface area contributed by atoms with Crippen LogP contribution in [0.25, 0.3) is 0 Å². The Kier molecular flexibility index (Phi) is 3.85. The highest BCUT2D eigenvalue weighted by Crippen LogP contribution is 2.20. The molecule has 1 saturated heterocycles. The van der Waals surface area contributed by atoms with Gasteiger partial charge >= 0.3 is 0 Å². The van der Waals surface area contributed by atoms with Crippen molar-refractivity contribution in [2.75, 3.05) is 13.1 Å². The lowest BCUT2D eigenvalue weighted by Crippen LogP contribution is -2.35. The molecule has 2 heteroatoms. The third-order valence-corrected chi connectivity index (χ3v) is 3.78. The molecule has 2 rings (SSSR count). The number of aliphatic hydroxyl groups is 1. The van der Waals surface area contributed by atoms with E-state index < -0.39 is 0 Å². The molecule has 0 spiro atoms. The molecule has 0 radical (unpaired) electrons. The van der Waals surface area contributed by atoms with E-state index in [2.05, 4.69) is 37.8 Å². The Labute approximate surface area is 104 Å². The van der Waals surface area contributed by atoms with Crippen LogP contribution in [0.5, 0.6) is 0 Å². The van der Waals surface area contributed by atoms with Crippen LogP contribution in [0.1, 0.15) is 35.1 Å². The molecule has 0 bridgehead atoms. The Bertz CT molecular complexity index is 369. The minimum absolute atomic E-state index is 0.0774. The van der Waals surface area contributed by atoms with Crippen LogP contribution < -0.4 is 0 Å². The number of aliphatic hydroxyl groups excluding tert-OH is 1. The molecular formula is C15H23NO. The highest BCUT2D eigenvalue weighted by Gasteiger charge is 2.18. The van der Waals surface area contributed by atoms with Crippen LogP contribution in [0.3, 0.4) is 0 Å². The second-order valence-corrected chi connectivity index (χ2v) is 5.38. The van der Waals surface area contributed by atoms with Gasteiger partial charge in [0.25, 0.3) is 0 Å². The quantitative estimate of drug-likeness (QED) is 0.848. The molecule has 1 aliphatic rings. The number of piperidine rings is 1. The van der Waals surface area contributed by atoms with E-state index in [1.165, 1.54) is 22.3 Å². The normalized spacial score (nSPS) is 18.6. The molecule has 0 amide bonds. The van der Waals surface area contributed by atoms with Gasteiger partial charge in [0.2, 0.25) is 0 Å². The summed E-state index contributed by atoms with van der Waals surface area (Å²) in [5, 5.41) is 9.51. The van der Waals surface area contributed by atoms with Crippen LogP contribution in [0.15, 0.2) is 12.1 Å². The molecule has 1 aliphatic heterocycles. The van der Waals surface area contributed by atoms with Gasteiger partial charge in [-0.15, -0.1) is 0 Å². The van der Waals surface area contributed by atoms with Crippen molar-refractivity contribution in [2.24, 2.45) is 0 Å². The zero-order chi connectivity index (χ0) is 12.4. The van der Waals surface area contributed by atoms with Crippen molar-refractivity contribution in [1.29, 1.82) is 0 Å². The number of hydrogen-bond acceptors (Lipinski definition) is 2. The summed E-state index contributed by atoms with van der Waals surface area (Å²) in [5.41, 5.74) is 5.60. The number of benzene rings is 1. The van der Waals surface area contributed by atoms with Crippen LogP contribution in [-0.2, 0) is 6.54 Å². The van der Waals surface area contributed by atoms with E-state index in [4.69, 9.17) is 0 Å². The van der Waals surface area contributed by atoms with Crippen LogP contribution in [0.2, 0.25) is 0 Å². The van der Waals surface area contributed by atoms with Gasteiger partial charge in [0.1, 0.15) is 0 Å². The maximum absolute atomic E-state index is 9.51. The molecule has 2 nitrogen and oxygen atoms in total. The first kappa shape index (κ1) is 12.6. The Morgan fingerprint density at radius 1 is 1.12 bits per heavy atom. The fraction of sp³-hybridized carbons (Fsp3) is 0.600. The third kappa shape index (κ3) is 3.08. The molecular weight excluding hydrogens is 210 g/mol. The van der Waals surface area contributed by atoms with Gasteiger partial charge in [-0.1, -0.05) is 17.7 Å². The van der Waals surface area contributed by atoms with E-state index in [1.54, 1.807) is 0 Å².